The summed E-state index contributed by atoms with van der Waals surface area (Å²) in [6.07, 6.45) is -4.30. The quantitative estimate of drug-likeness (QED) is 0.414. The van der Waals surface area contributed by atoms with Crippen LogP contribution in [0.25, 0.3) is 0 Å². The molecule has 1 saturated heterocycles. The van der Waals surface area contributed by atoms with Crippen LogP contribution >= 0.6 is 0 Å². The van der Waals surface area contributed by atoms with Crippen LogP contribution in [0.3, 0.4) is 0 Å². The Morgan fingerprint density at radius 3 is 2.30 bits per heavy atom. The van der Waals surface area contributed by atoms with Crippen molar-refractivity contribution in [1.82, 2.24) is 9.88 Å². The lowest BCUT2D eigenvalue weighted by Gasteiger charge is -2.37. The second-order valence-electron chi connectivity index (χ2n) is 8.13. The summed E-state index contributed by atoms with van der Waals surface area (Å²) < 4.78 is 51.6. The van der Waals surface area contributed by atoms with E-state index in [2.05, 4.69) is 10.3 Å². The highest BCUT2D eigenvalue weighted by Gasteiger charge is 2.33. The number of anilines is 3. The van der Waals surface area contributed by atoms with E-state index in [1.165, 1.54) is 35.2 Å². The van der Waals surface area contributed by atoms with Crippen LogP contribution < -0.4 is 10.2 Å². The summed E-state index contributed by atoms with van der Waals surface area (Å²) in [5.74, 6) is -1.84. The Kier molecular flexibility index (Phi) is 7.21. The molecule has 178 valence electrons. The normalized spacial score (nSPS) is 15.1. The molecule has 0 saturated carbocycles. The van der Waals surface area contributed by atoms with Gasteiger partial charge in [0.2, 0.25) is 0 Å². The molecule has 1 fully saturated rings. The zero-order valence-electron chi connectivity index (χ0n) is 18.2. The van der Waals surface area contributed by atoms with Crippen molar-refractivity contribution in [3.8, 4) is 0 Å². The van der Waals surface area contributed by atoms with Gasteiger partial charge in [0.25, 0.3) is 0 Å². The number of carboxylic acid groups (broad SMARTS) is 1. The summed E-state index contributed by atoms with van der Waals surface area (Å²) in [6, 6.07) is 6.74. The number of carboxylic acids is 1. The molecule has 0 spiro atoms. The van der Waals surface area contributed by atoms with Gasteiger partial charge in [-0.05, 0) is 36.2 Å². The van der Waals surface area contributed by atoms with Crippen LogP contribution in [0.15, 0.2) is 30.3 Å². The van der Waals surface area contributed by atoms with Gasteiger partial charge in [-0.25, -0.2) is 14.2 Å². The van der Waals surface area contributed by atoms with Gasteiger partial charge in [0.1, 0.15) is 11.6 Å². The molecule has 3 rings (SSSR count). The molecule has 3 N–H and O–H groups in total. The lowest BCUT2D eigenvalue weighted by Crippen LogP contribution is -2.49. The Hall–Kier alpha value is -3.21. The van der Waals surface area contributed by atoms with Crippen molar-refractivity contribution < 1.29 is 27.5 Å². The topological polar surface area (TPSA) is 92.6 Å². The zero-order chi connectivity index (χ0) is 24.3. The summed E-state index contributed by atoms with van der Waals surface area (Å²) in [5, 5.41) is 21.2. The van der Waals surface area contributed by atoms with Gasteiger partial charge in [0, 0.05) is 37.6 Å². The molecule has 1 aromatic carbocycles. The molecule has 0 bridgehead atoms. The third kappa shape index (κ3) is 6.19. The lowest BCUT2D eigenvalue weighted by atomic mass is 9.97. The van der Waals surface area contributed by atoms with E-state index in [-0.39, 0.29) is 49.3 Å². The number of aromatic carboxylic acids is 1. The molecule has 2 heterocycles. The fourth-order valence-corrected chi connectivity index (χ4v) is 3.61. The van der Waals surface area contributed by atoms with Gasteiger partial charge in [-0.1, -0.05) is 13.8 Å². The summed E-state index contributed by atoms with van der Waals surface area (Å²) in [7, 11) is 0. The van der Waals surface area contributed by atoms with E-state index in [9.17, 15) is 27.5 Å². The number of carbonyl (C=O) groups is 1. The van der Waals surface area contributed by atoms with Crippen LogP contribution in [0.4, 0.5) is 34.8 Å². The maximum absolute atomic E-state index is 13.3. The molecule has 7 nitrogen and oxygen atoms in total. The minimum absolute atomic E-state index is 0.118. The molecule has 1 aliphatic rings. The van der Waals surface area contributed by atoms with E-state index in [1.54, 1.807) is 18.7 Å². The van der Waals surface area contributed by atoms with Crippen LogP contribution in [0.5, 0.6) is 0 Å². The smallest absolute Gasteiger partial charge is 0.401 e. The van der Waals surface area contributed by atoms with Gasteiger partial charge in [-0.3, -0.25) is 4.90 Å². The van der Waals surface area contributed by atoms with E-state index in [0.29, 0.717) is 16.9 Å². The number of rotatable bonds is 7. The first-order valence-corrected chi connectivity index (χ1v) is 10.4. The van der Waals surface area contributed by atoms with Crippen molar-refractivity contribution in [3.05, 3.63) is 47.4 Å². The predicted octanol–water partition coefficient (Wildman–Crippen LogP) is 4.37. The highest BCUT2D eigenvalue weighted by molar-refractivity contribution is 6.09. The van der Waals surface area contributed by atoms with E-state index in [4.69, 9.17) is 5.41 Å². The van der Waals surface area contributed by atoms with Crippen LogP contribution in [0.1, 0.15) is 29.9 Å². The van der Waals surface area contributed by atoms with Crippen LogP contribution in [-0.2, 0) is 0 Å². The average molecular weight is 467 g/mol. The highest BCUT2D eigenvalue weighted by Crippen LogP contribution is 2.33. The number of alkyl halides is 3. The SMILES string of the molecule is CC(C)C(=N)c1c(N2CCN(CC(F)(F)F)CC2)cc(C(=O)O)nc1Nc1ccc(F)cc1. The second-order valence-corrected chi connectivity index (χ2v) is 8.13. The van der Waals surface area contributed by atoms with Crippen molar-refractivity contribution in [1.29, 1.82) is 5.41 Å². The molecule has 1 aromatic heterocycles. The van der Waals surface area contributed by atoms with E-state index in [1.807, 2.05) is 0 Å². The third-order valence-electron chi connectivity index (χ3n) is 5.29. The predicted molar refractivity (Wildman–Crippen MR) is 117 cm³/mol. The molecule has 0 unspecified atom stereocenters. The third-order valence-corrected chi connectivity index (χ3v) is 5.29. The van der Waals surface area contributed by atoms with Gasteiger partial charge in [-0.15, -0.1) is 0 Å². The maximum atomic E-state index is 13.3. The molecule has 1 aliphatic heterocycles. The molecule has 0 atom stereocenters. The largest absolute Gasteiger partial charge is 0.477 e. The number of nitrogens with one attached hydrogen (secondary N) is 2. The molecule has 0 amide bonds. The molecular formula is C22H25F4N5O2. The summed E-state index contributed by atoms with van der Waals surface area (Å²) in [4.78, 5) is 19.0. The maximum Gasteiger partial charge on any atom is 0.401 e. The van der Waals surface area contributed by atoms with Gasteiger partial charge >= 0.3 is 12.1 Å². The van der Waals surface area contributed by atoms with E-state index in [0.717, 1.165) is 0 Å². The Balaban J connectivity index is 2.02. The molecule has 0 radical (unpaired) electrons. The van der Waals surface area contributed by atoms with Gasteiger partial charge in [0.15, 0.2) is 5.69 Å². The van der Waals surface area contributed by atoms with Crippen molar-refractivity contribution in [2.75, 3.05) is 42.9 Å². The molecule has 11 heteroatoms. The van der Waals surface area contributed by atoms with Gasteiger partial charge in [-0.2, -0.15) is 13.2 Å². The van der Waals surface area contributed by atoms with Crippen molar-refractivity contribution in [2.45, 2.75) is 20.0 Å². The number of pyridine rings is 1. The fourth-order valence-electron chi connectivity index (χ4n) is 3.61. The average Bonchev–Trinajstić information content (AvgIpc) is 2.73. The monoisotopic (exact) mass is 467 g/mol. The summed E-state index contributed by atoms with van der Waals surface area (Å²) in [5.41, 5.74) is 1.15. The van der Waals surface area contributed by atoms with E-state index >= 15 is 0 Å². The molecule has 0 aliphatic carbocycles. The Morgan fingerprint density at radius 2 is 1.79 bits per heavy atom. The molecular weight excluding hydrogens is 442 g/mol. The number of benzene rings is 1. The minimum atomic E-state index is -4.30. The Morgan fingerprint density at radius 1 is 1.18 bits per heavy atom. The highest BCUT2D eigenvalue weighted by atomic mass is 19.4. The number of hydrogen-bond donors (Lipinski definition) is 3. The zero-order valence-corrected chi connectivity index (χ0v) is 18.2. The second kappa shape index (κ2) is 9.74. The fraction of sp³-hybridized carbons (Fsp3) is 0.409. The number of piperazine rings is 1. The van der Waals surface area contributed by atoms with Gasteiger partial charge < -0.3 is 20.7 Å². The Labute approximate surface area is 188 Å². The number of aromatic nitrogens is 1. The number of halogens is 4. The van der Waals surface area contributed by atoms with Crippen LogP contribution in [0.2, 0.25) is 0 Å². The standard InChI is InChI=1S/C22H25F4N5O2/c1-13(2)19(27)18-17(31-9-7-30(8-10-31)12-22(24,25)26)11-16(21(32)33)29-20(18)28-15-5-3-14(23)4-6-15/h3-6,11,13,27H,7-10,12H2,1-2H3,(H,28,29)(H,32,33). The van der Waals surface area contributed by atoms with Crippen molar-refractivity contribution in [3.63, 3.8) is 0 Å². The summed E-state index contributed by atoms with van der Waals surface area (Å²) in [6.45, 7) is 3.34. The van der Waals surface area contributed by atoms with Gasteiger partial charge in [0.05, 0.1) is 17.8 Å². The van der Waals surface area contributed by atoms with Crippen molar-refractivity contribution in [2.24, 2.45) is 5.92 Å². The van der Waals surface area contributed by atoms with Crippen LogP contribution in [-0.4, -0.2) is 65.6 Å². The lowest BCUT2D eigenvalue weighted by molar-refractivity contribution is -0.146. The van der Waals surface area contributed by atoms with E-state index < -0.39 is 24.5 Å². The minimum Gasteiger partial charge on any atom is -0.477 e. The first kappa shape index (κ1) is 24.4. The number of nitrogens with zero attached hydrogens (tertiary/aromatic N) is 3. The first-order valence-electron chi connectivity index (χ1n) is 10.4. The first-order chi connectivity index (χ1) is 15.4. The Bertz CT molecular complexity index is 1020. The van der Waals surface area contributed by atoms with Crippen molar-refractivity contribution >= 4 is 28.9 Å². The number of hydrogen-bond acceptors (Lipinski definition) is 6. The summed E-state index contributed by atoms with van der Waals surface area (Å²) >= 11 is 0. The molecule has 33 heavy (non-hydrogen) atoms. The molecule has 2 aromatic rings. The van der Waals surface area contributed by atoms with Crippen LogP contribution in [0, 0.1) is 17.1 Å².